The lowest BCUT2D eigenvalue weighted by atomic mass is 9.82. The first kappa shape index (κ1) is 27.4. The van der Waals surface area contributed by atoms with E-state index >= 15 is 0 Å². The van der Waals surface area contributed by atoms with Crippen molar-refractivity contribution in [3.05, 3.63) is 0 Å². The Morgan fingerprint density at radius 2 is 1.48 bits per heavy atom. The van der Waals surface area contributed by atoms with Gasteiger partial charge in [0.1, 0.15) is 6.04 Å². The Kier molecular flexibility index (Phi) is 14.2. The second-order valence-corrected chi connectivity index (χ2v) is 9.41. The summed E-state index contributed by atoms with van der Waals surface area (Å²) in [6.45, 7) is 4.78. The molecule has 0 aromatic carbocycles. The standard InChI is InChI=1S/C24H45N3O4/c1-18-11-14-20(15-12-18)23(30)27-21(10-8-6-4-3-5-7-9-17-25)24(31)26-19(2)13-16-22(28)29/h18-21H,3-17,25H2,1-2H3,(H,26,31)(H,27,30)(H,28,29). The predicted octanol–water partition coefficient (Wildman–Crippen LogP) is 3.75. The number of carbonyl (C=O) groups excluding carboxylic acids is 2. The quantitative estimate of drug-likeness (QED) is 0.273. The van der Waals surface area contributed by atoms with E-state index in [9.17, 15) is 14.4 Å². The van der Waals surface area contributed by atoms with Crippen molar-refractivity contribution in [2.75, 3.05) is 6.54 Å². The molecule has 31 heavy (non-hydrogen) atoms. The highest BCUT2D eigenvalue weighted by Gasteiger charge is 2.28. The maximum Gasteiger partial charge on any atom is 0.303 e. The van der Waals surface area contributed by atoms with Crippen LogP contribution in [0.5, 0.6) is 0 Å². The molecule has 2 amide bonds. The van der Waals surface area contributed by atoms with Crippen LogP contribution in [0.15, 0.2) is 0 Å². The van der Waals surface area contributed by atoms with E-state index in [4.69, 9.17) is 10.8 Å². The third-order valence-electron chi connectivity index (χ3n) is 6.40. The van der Waals surface area contributed by atoms with E-state index in [2.05, 4.69) is 17.6 Å². The normalized spacial score (nSPS) is 20.6. The molecule has 7 heteroatoms. The van der Waals surface area contributed by atoms with E-state index in [1.165, 1.54) is 19.3 Å². The molecule has 1 aliphatic rings. The number of unbranched alkanes of at least 4 members (excludes halogenated alkanes) is 6. The van der Waals surface area contributed by atoms with Gasteiger partial charge in [-0.3, -0.25) is 14.4 Å². The minimum Gasteiger partial charge on any atom is -0.481 e. The number of nitrogens with two attached hydrogens (primary N) is 1. The zero-order valence-corrected chi connectivity index (χ0v) is 19.7. The van der Waals surface area contributed by atoms with Gasteiger partial charge in [0.25, 0.3) is 0 Å². The van der Waals surface area contributed by atoms with Gasteiger partial charge in [-0.2, -0.15) is 0 Å². The van der Waals surface area contributed by atoms with Gasteiger partial charge < -0.3 is 21.5 Å². The fourth-order valence-electron chi connectivity index (χ4n) is 4.21. The molecule has 1 aliphatic carbocycles. The maximum absolute atomic E-state index is 12.8. The molecular weight excluding hydrogens is 394 g/mol. The van der Waals surface area contributed by atoms with Gasteiger partial charge in [0, 0.05) is 18.4 Å². The fourth-order valence-corrected chi connectivity index (χ4v) is 4.21. The first-order chi connectivity index (χ1) is 14.8. The van der Waals surface area contributed by atoms with E-state index in [0.717, 1.165) is 57.9 Å². The van der Waals surface area contributed by atoms with Crippen LogP contribution in [-0.4, -0.2) is 41.5 Å². The highest BCUT2D eigenvalue weighted by Crippen LogP contribution is 2.28. The molecule has 1 saturated carbocycles. The molecule has 0 saturated heterocycles. The summed E-state index contributed by atoms with van der Waals surface area (Å²) in [6.07, 6.45) is 12.6. The molecule has 2 atom stereocenters. The smallest absolute Gasteiger partial charge is 0.303 e. The van der Waals surface area contributed by atoms with Crippen LogP contribution >= 0.6 is 0 Å². The highest BCUT2D eigenvalue weighted by molar-refractivity contribution is 5.88. The molecule has 0 aromatic heterocycles. The van der Waals surface area contributed by atoms with Crippen molar-refractivity contribution in [2.45, 2.75) is 116 Å². The molecule has 0 radical (unpaired) electrons. The summed E-state index contributed by atoms with van der Waals surface area (Å²) in [5.74, 6) is -0.407. The number of hydrogen-bond donors (Lipinski definition) is 4. The number of rotatable bonds is 16. The Morgan fingerprint density at radius 3 is 2.06 bits per heavy atom. The van der Waals surface area contributed by atoms with E-state index in [1.807, 2.05) is 6.92 Å². The largest absolute Gasteiger partial charge is 0.481 e. The second-order valence-electron chi connectivity index (χ2n) is 9.41. The molecule has 5 N–H and O–H groups in total. The SMILES string of the molecule is CC1CCC(C(=O)NC(CCCCCCCCCN)C(=O)NC(C)CCC(=O)O)CC1. The van der Waals surface area contributed by atoms with Crippen LogP contribution in [0.3, 0.4) is 0 Å². The van der Waals surface area contributed by atoms with E-state index in [-0.39, 0.29) is 30.2 Å². The monoisotopic (exact) mass is 439 g/mol. The lowest BCUT2D eigenvalue weighted by Gasteiger charge is -2.28. The molecule has 7 nitrogen and oxygen atoms in total. The third-order valence-corrected chi connectivity index (χ3v) is 6.40. The Labute approximate surface area is 188 Å². The van der Waals surface area contributed by atoms with Crippen molar-refractivity contribution in [2.24, 2.45) is 17.6 Å². The van der Waals surface area contributed by atoms with E-state index in [1.54, 1.807) is 0 Å². The van der Waals surface area contributed by atoms with E-state index < -0.39 is 12.0 Å². The zero-order chi connectivity index (χ0) is 23.1. The Balaban J connectivity index is 2.50. The van der Waals surface area contributed by atoms with Crippen molar-refractivity contribution in [3.63, 3.8) is 0 Å². The van der Waals surface area contributed by atoms with E-state index in [0.29, 0.717) is 18.8 Å². The van der Waals surface area contributed by atoms with Crippen LogP contribution in [0.1, 0.15) is 104 Å². The average molecular weight is 440 g/mol. The Morgan fingerprint density at radius 1 is 0.903 bits per heavy atom. The number of carbonyl (C=O) groups is 3. The Hall–Kier alpha value is -1.63. The molecule has 2 unspecified atom stereocenters. The first-order valence-electron chi connectivity index (χ1n) is 12.4. The minimum atomic E-state index is -0.871. The van der Waals surface area contributed by atoms with Gasteiger partial charge in [0.05, 0.1) is 0 Å². The highest BCUT2D eigenvalue weighted by atomic mass is 16.4. The maximum atomic E-state index is 12.8. The van der Waals surface area contributed by atoms with Crippen LogP contribution in [0.4, 0.5) is 0 Å². The van der Waals surface area contributed by atoms with Crippen LogP contribution < -0.4 is 16.4 Å². The van der Waals surface area contributed by atoms with Crippen molar-refractivity contribution < 1.29 is 19.5 Å². The number of hydrogen-bond acceptors (Lipinski definition) is 4. The summed E-state index contributed by atoms with van der Waals surface area (Å²) in [4.78, 5) is 36.4. The van der Waals surface area contributed by atoms with Gasteiger partial charge in [-0.05, 0) is 64.3 Å². The zero-order valence-electron chi connectivity index (χ0n) is 19.7. The van der Waals surface area contributed by atoms with Gasteiger partial charge in [-0.25, -0.2) is 0 Å². The lowest BCUT2D eigenvalue weighted by molar-refractivity contribution is -0.137. The summed E-state index contributed by atoms with van der Waals surface area (Å²) in [6, 6.07) is -0.780. The van der Waals surface area contributed by atoms with Crippen LogP contribution in [0.25, 0.3) is 0 Å². The molecule has 1 rings (SSSR count). The molecule has 0 spiro atoms. The molecule has 0 aliphatic heterocycles. The van der Waals surface area contributed by atoms with Gasteiger partial charge >= 0.3 is 5.97 Å². The topological polar surface area (TPSA) is 122 Å². The van der Waals surface area contributed by atoms with Crippen molar-refractivity contribution in [1.29, 1.82) is 0 Å². The molecule has 0 aromatic rings. The second kappa shape index (κ2) is 16.1. The number of carboxylic acid groups (broad SMARTS) is 1. The lowest BCUT2D eigenvalue weighted by Crippen LogP contribution is -2.50. The summed E-state index contributed by atoms with van der Waals surface area (Å²) in [5.41, 5.74) is 5.52. The summed E-state index contributed by atoms with van der Waals surface area (Å²) in [5, 5.41) is 14.8. The fraction of sp³-hybridized carbons (Fsp3) is 0.875. The molecular formula is C24H45N3O4. The van der Waals surface area contributed by atoms with Crippen LogP contribution in [0, 0.1) is 11.8 Å². The minimum absolute atomic E-state index is 0.00141. The third kappa shape index (κ3) is 12.7. The predicted molar refractivity (Wildman–Crippen MR) is 124 cm³/mol. The van der Waals surface area contributed by atoms with Gasteiger partial charge in [-0.15, -0.1) is 0 Å². The molecule has 0 bridgehead atoms. The van der Waals surface area contributed by atoms with Gasteiger partial charge in [0.15, 0.2) is 0 Å². The Bertz CT molecular complexity index is 533. The van der Waals surface area contributed by atoms with Crippen LogP contribution in [0.2, 0.25) is 0 Å². The molecule has 180 valence electrons. The van der Waals surface area contributed by atoms with Gasteiger partial charge in [0.2, 0.25) is 11.8 Å². The average Bonchev–Trinajstić information content (AvgIpc) is 2.73. The number of nitrogens with one attached hydrogen (secondary N) is 2. The van der Waals surface area contributed by atoms with Crippen molar-refractivity contribution in [1.82, 2.24) is 10.6 Å². The first-order valence-corrected chi connectivity index (χ1v) is 12.4. The number of carboxylic acids is 1. The molecule has 0 heterocycles. The van der Waals surface area contributed by atoms with Crippen molar-refractivity contribution in [3.8, 4) is 0 Å². The summed E-state index contributed by atoms with van der Waals surface area (Å²) >= 11 is 0. The van der Waals surface area contributed by atoms with Crippen molar-refractivity contribution >= 4 is 17.8 Å². The summed E-state index contributed by atoms with van der Waals surface area (Å²) in [7, 11) is 0. The van der Waals surface area contributed by atoms with Crippen LogP contribution in [-0.2, 0) is 14.4 Å². The number of amides is 2. The molecule has 1 fully saturated rings. The summed E-state index contributed by atoms with van der Waals surface area (Å²) < 4.78 is 0. The van der Waals surface area contributed by atoms with Gasteiger partial charge in [-0.1, -0.05) is 45.4 Å². The number of aliphatic carboxylic acids is 1.